The Morgan fingerprint density at radius 2 is 1.72 bits per heavy atom. The Kier molecular flexibility index (Phi) is 3.65. The molecule has 1 aliphatic carbocycles. The van der Waals surface area contributed by atoms with Crippen LogP contribution in [0.4, 0.5) is 0 Å². The van der Waals surface area contributed by atoms with Gasteiger partial charge in [0.15, 0.2) is 0 Å². The Balaban J connectivity index is 1.70. The molecule has 2 atom stereocenters. The van der Waals surface area contributed by atoms with Gasteiger partial charge in [-0.2, -0.15) is 4.31 Å². The molecule has 0 aromatic rings. The summed E-state index contributed by atoms with van der Waals surface area (Å²) in [4.78, 5) is 0. The number of piperidine rings is 1. The molecule has 0 aromatic heterocycles. The fraction of sp³-hybridized carbons (Fsp3) is 1.00. The minimum Gasteiger partial charge on any atom is -0.312 e. The first kappa shape index (κ1) is 12.9. The molecule has 3 rings (SSSR count). The predicted octanol–water partition coefficient (Wildman–Crippen LogP) is 1.33. The van der Waals surface area contributed by atoms with Gasteiger partial charge < -0.3 is 5.32 Å². The number of hydrogen-bond acceptors (Lipinski definition) is 3. The van der Waals surface area contributed by atoms with E-state index in [4.69, 9.17) is 0 Å². The maximum absolute atomic E-state index is 12.6. The van der Waals surface area contributed by atoms with Crippen molar-refractivity contribution in [1.82, 2.24) is 9.62 Å². The maximum atomic E-state index is 12.6. The maximum Gasteiger partial charge on any atom is 0.217 e. The van der Waals surface area contributed by atoms with E-state index in [1.807, 2.05) is 0 Å². The molecule has 0 spiro atoms. The van der Waals surface area contributed by atoms with Crippen LogP contribution in [0.15, 0.2) is 0 Å². The number of nitrogens with zero attached hydrogens (tertiary/aromatic N) is 1. The Labute approximate surface area is 110 Å². The molecule has 2 heterocycles. The number of sulfonamides is 1. The van der Waals surface area contributed by atoms with Crippen LogP contribution in [0.3, 0.4) is 0 Å². The number of rotatable bonds is 2. The van der Waals surface area contributed by atoms with Crippen molar-refractivity contribution in [2.45, 2.75) is 56.2 Å². The smallest absolute Gasteiger partial charge is 0.217 e. The van der Waals surface area contributed by atoms with Gasteiger partial charge in [-0.1, -0.05) is 19.3 Å². The summed E-state index contributed by atoms with van der Waals surface area (Å²) in [5.74, 6) is 0.553. The van der Waals surface area contributed by atoms with Crippen molar-refractivity contribution in [2.75, 3.05) is 19.6 Å². The zero-order valence-electron chi connectivity index (χ0n) is 11.0. The fourth-order valence-electron chi connectivity index (χ4n) is 3.79. The van der Waals surface area contributed by atoms with Crippen LogP contribution in [0.1, 0.15) is 44.9 Å². The summed E-state index contributed by atoms with van der Waals surface area (Å²) in [6, 6.07) is 0.414. The van der Waals surface area contributed by atoms with Crippen LogP contribution in [0, 0.1) is 5.92 Å². The van der Waals surface area contributed by atoms with Gasteiger partial charge in [-0.3, -0.25) is 0 Å². The molecule has 18 heavy (non-hydrogen) atoms. The third kappa shape index (κ3) is 2.32. The molecule has 2 aliphatic heterocycles. The normalized spacial score (nSPS) is 35.6. The van der Waals surface area contributed by atoms with E-state index >= 15 is 0 Å². The van der Waals surface area contributed by atoms with Gasteiger partial charge in [-0.25, -0.2) is 8.42 Å². The molecule has 0 radical (unpaired) electrons. The molecule has 0 unspecified atom stereocenters. The van der Waals surface area contributed by atoms with Crippen molar-refractivity contribution in [3.8, 4) is 0 Å². The van der Waals surface area contributed by atoms with Crippen LogP contribution < -0.4 is 5.32 Å². The van der Waals surface area contributed by atoms with E-state index in [2.05, 4.69) is 5.32 Å². The first-order valence-electron chi connectivity index (χ1n) is 7.40. The first-order chi connectivity index (χ1) is 8.68. The molecule has 0 amide bonds. The molecule has 3 fully saturated rings. The lowest BCUT2D eigenvalue weighted by molar-refractivity contribution is 0.339. The molecule has 1 N–H and O–H groups in total. The number of nitrogens with one attached hydrogen (secondary N) is 1. The largest absolute Gasteiger partial charge is 0.312 e. The standard InChI is InChI=1S/C13H24N2O2S/c16-18(17,12-6-2-1-3-7-12)15-9-11-5-4-8-14-13(11)10-15/h11-14H,1-10H2/t11-,13+/m0/s1. The highest BCUT2D eigenvalue weighted by Crippen LogP contribution is 2.32. The Hall–Kier alpha value is -0.130. The van der Waals surface area contributed by atoms with Crippen molar-refractivity contribution in [3.05, 3.63) is 0 Å². The number of fused-ring (bicyclic) bond motifs is 1. The lowest BCUT2D eigenvalue weighted by atomic mass is 9.94. The molecule has 2 saturated heterocycles. The van der Waals surface area contributed by atoms with Crippen molar-refractivity contribution < 1.29 is 8.42 Å². The van der Waals surface area contributed by atoms with E-state index in [0.717, 1.165) is 38.8 Å². The topological polar surface area (TPSA) is 49.4 Å². The Bertz CT molecular complexity index is 376. The van der Waals surface area contributed by atoms with E-state index in [1.165, 1.54) is 19.3 Å². The highest BCUT2D eigenvalue weighted by atomic mass is 32.2. The van der Waals surface area contributed by atoms with Gasteiger partial charge in [0.1, 0.15) is 0 Å². The van der Waals surface area contributed by atoms with Crippen LogP contribution >= 0.6 is 0 Å². The average molecular weight is 272 g/mol. The van der Waals surface area contributed by atoms with E-state index in [-0.39, 0.29) is 5.25 Å². The lowest BCUT2D eigenvalue weighted by Gasteiger charge is -2.27. The van der Waals surface area contributed by atoms with Gasteiger partial charge in [0.2, 0.25) is 10.0 Å². The Morgan fingerprint density at radius 3 is 2.44 bits per heavy atom. The van der Waals surface area contributed by atoms with Crippen LogP contribution in [-0.2, 0) is 10.0 Å². The fourth-order valence-corrected chi connectivity index (χ4v) is 5.91. The molecule has 0 bridgehead atoms. The van der Waals surface area contributed by atoms with Crippen molar-refractivity contribution in [1.29, 1.82) is 0 Å². The number of hydrogen-bond donors (Lipinski definition) is 1. The summed E-state index contributed by atoms with van der Waals surface area (Å²) in [5.41, 5.74) is 0. The van der Waals surface area contributed by atoms with Crippen molar-refractivity contribution >= 4 is 10.0 Å². The van der Waals surface area contributed by atoms with Gasteiger partial charge in [-0.15, -0.1) is 0 Å². The molecular weight excluding hydrogens is 248 g/mol. The van der Waals surface area contributed by atoms with Crippen LogP contribution in [-0.4, -0.2) is 43.6 Å². The average Bonchev–Trinajstić information content (AvgIpc) is 2.84. The van der Waals surface area contributed by atoms with Crippen molar-refractivity contribution in [2.24, 2.45) is 5.92 Å². The van der Waals surface area contributed by atoms with Gasteiger partial charge in [0, 0.05) is 19.1 Å². The van der Waals surface area contributed by atoms with Gasteiger partial charge >= 0.3 is 0 Å². The molecule has 0 aromatic carbocycles. The molecule has 4 nitrogen and oxygen atoms in total. The van der Waals surface area contributed by atoms with Gasteiger partial charge in [0.05, 0.1) is 5.25 Å². The second-order valence-electron chi connectivity index (χ2n) is 6.08. The van der Waals surface area contributed by atoms with Crippen LogP contribution in [0.2, 0.25) is 0 Å². The van der Waals surface area contributed by atoms with Crippen LogP contribution in [0.25, 0.3) is 0 Å². The predicted molar refractivity (Wildman–Crippen MR) is 71.9 cm³/mol. The van der Waals surface area contributed by atoms with E-state index < -0.39 is 10.0 Å². The quantitative estimate of drug-likeness (QED) is 0.825. The molecular formula is C13H24N2O2S. The van der Waals surface area contributed by atoms with Gasteiger partial charge in [0.25, 0.3) is 0 Å². The minimum absolute atomic E-state index is 0.0913. The third-order valence-corrected chi connectivity index (χ3v) is 7.23. The molecule has 104 valence electrons. The van der Waals surface area contributed by atoms with E-state index in [9.17, 15) is 8.42 Å². The summed E-state index contributed by atoms with van der Waals surface area (Å²) in [5, 5.41) is 3.39. The van der Waals surface area contributed by atoms with Crippen LogP contribution in [0.5, 0.6) is 0 Å². The van der Waals surface area contributed by atoms with E-state index in [0.29, 0.717) is 18.5 Å². The minimum atomic E-state index is -3.03. The SMILES string of the molecule is O=S(=O)(C1CCCCC1)N1C[C@@H]2CCCN[C@@H]2C1. The van der Waals surface area contributed by atoms with E-state index in [1.54, 1.807) is 4.31 Å². The highest BCUT2D eigenvalue weighted by Gasteiger charge is 2.42. The summed E-state index contributed by atoms with van der Waals surface area (Å²) >= 11 is 0. The summed E-state index contributed by atoms with van der Waals surface area (Å²) in [6.07, 6.45) is 7.51. The van der Waals surface area contributed by atoms with Crippen molar-refractivity contribution in [3.63, 3.8) is 0 Å². The second kappa shape index (κ2) is 5.10. The zero-order chi connectivity index (χ0) is 12.6. The lowest BCUT2D eigenvalue weighted by Crippen LogP contribution is -2.42. The molecule has 1 saturated carbocycles. The summed E-state index contributed by atoms with van der Waals surface area (Å²) in [7, 11) is -3.03. The summed E-state index contributed by atoms with van der Waals surface area (Å²) in [6.45, 7) is 2.53. The monoisotopic (exact) mass is 272 g/mol. The molecule has 5 heteroatoms. The zero-order valence-corrected chi connectivity index (χ0v) is 11.8. The second-order valence-corrected chi connectivity index (χ2v) is 8.30. The Morgan fingerprint density at radius 1 is 0.944 bits per heavy atom. The first-order valence-corrected chi connectivity index (χ1v) is 8.90. The highest BCUT2D eigenvalue weighted by molar-refractivity contribution is 7.89. The molecule has 3 aliphatic rings. The third-order valence-electron chi connectivity index (χ3n) is 4.90. The summed E-state index contributed by atoms with van der Waals surface area (Å²) < 4.78 is 27.0. The van der Waals surface area contributed by atoms with Gasteiger partial charge in [-0.05, 0) is 38.1 Å².